The van der Waals surface area contributed by atoms with Crippen molar-refractivity contribution in [1.29, 1.82) is 0 Å². The maximum atomic E-state index is 11.1. The zero-order chi connectivity index (χ0) is 16.1. The summed E-state index contributed by atoms with van der Waals surface area (Å²) in [5.41, 5.74) is 0.851. The van der Waals surface area contributed by atoms with Gasteiger partial charge in [-0.05, 0) is 24.3 Å². The van der Waals surface area contributed by atoms with Crippen molar-refractivity contribution in [3.8, 4) is 11.5 Å². The molecule has 1 atom stereocenters. The van der Waals surface area contributed by atoms with Gasteiger partial charge in [0.2, 0.25) is 0 Å². The Morgan fingerprint density at radius 3 is 2.57 bits per heavy atom. The number of aromatic amines is 2. The summed E-state index contributed by atoms with van der Waals surface area (Å²) in [6, 6.07) is 16.9. The van der Waals surface area contributed by atoms with Crippen molar-refractivity contribution in [2.75, 3.05) is 11.9 Å². The summed E-state index contributed by atoms with van der Waals surface area (Å²) in [5, 5.41) is 13.2. The quantitative estimate of drug-likeness (QED) is 0.563. The number of para-hydroxylation sites is 3. The van der Waals surface area contributed by atoms with Gasteiger partial charge in [-0.3, -0.25) is 0 Å². The lowest BCUT2D eigenvalue weighted by Crippen LogP contribution is -2.14. The van der Waals surface area contributed by atoms with Gasteiger partial charge in [-0.15, -0.1) is 0 Å². The third-order valence-electron chi connectivity index (χ3n) is 3.32. The van der Waals surface area contributed by atoms with Crippen LogP contribution in [0.1, 0.15) is 11.8 Å². The Balaban J connectivity index is 1.69. The molecule has 1 heterocycles. The maximum absolute atomic E-state index is 11.1. The summed E-state index contributed by atoms with van der Waals surface area (Å²) in [4.78, 5) is 16.1. The van der Waals surface area contributed by atoms with Crippen LogP contribution in [0.15, 0.2) is 65.6 Å². The van der Waals surface area contributed by atoms with Gasteiger partial charge in [-0.25, -0.2) is 4.79 Å². The molecule has 118 valence electrons. The lowest BCUT2D eigenvalue weighted by Gasteiger charge is -2.15. The van der Waals surface area contributed by atoms with Crippen molar-refractivity contribution in [2.45, 2.75) is 6.10 Å². The van der Waals surface area contributed by atoms with E-state index in [2.05, 4.69) is 15.3 Å². The van der Waals surface area contributed by atoms with Crippen LogP contribution >= 0.6 is 0 Å². The van der Waals surface area contributed by atoms with Gasteiger partial charge in [0.1, 0.15) is 11.9 Å². The first kappa shape index (κ1) is 14.9. The van der Waals surface area contributed by atoms with Crippen molar-refractivity contribution in [3.63, 3.8) is 0 Å². The molecule has 3 rings (SSSR count). The van der Waals surface area contributed by atoms with Crippen LogP contribution in [-0.2, 0) is 0 Å². The highest BCUT2D eigenvalue weighted by atomic mass is 16.5. The third-order valence-corrected chi connectivity index (χ3v) is 3.32. The van der Waals surface area contributed by atoms with E-state index in [0.29, 0.717) is 11.4 Å². The fraction of sp³-hybridized carbons (Fsp3) is 0.118. The van der Waals surface area contributed by atoms with E-state index < -0.39 is 6.10 Å². The second-order valence-corrected chi connectivity index (χ2v) is 5.01. The third kappa shape index (κ3) is 3.81. The number of anilines is 1. The molecule has 0 amide bonds. The van der Waals surface area contributed by atoms with E-state index in [9.17, 15) is 9.90 Å². The smallest absolute Gasteiger partial charge is 0.323 e. The summed E-state index contributed by atoms with van der Waals surface area (Å²) in [5.74, 6) is 1.39. The zero-order valence-electron chi connectivity index (χ0n) is 12.3. The molecule has 6 heteroatoms. The fourth-order valence-electron chi connectivity index (χ4n) is 2.16. The number of ether oxygens (including phenoxy) is 1. The first-order valence-corrected chi connectivity index (χ1v) is 7.24. The minimum Gasteiger partial charge on any atom is -0.455 e. The lowest BCUT2D eigenvalue weighted by molar-refractivity contribution is 0.187. The second-order valence-electron chi connectivity index (χ2n) is 5.01. The van der Waals surface area contributed by atoms with Gasteiger partial charge < -0.3 is 25.1 Å². The molecule has 6 nitrogen and oxygen atoms in total. The predicted molar refractivity (Wildman–Crippen MR) is 87.8 cm³/mol. The van der Waals surface area contributed by atoms with Gasteiger partial charge in [0, 0.05) is 12.7 Å². The van der Waals surface area contributed by atoms with E-state index in [1.807, 2.05) is 54.6 Å². The molecular weight excluding hydrogens is 294 g/mol. The number of H-pyrrole nitrogens is 2. The molecule has 0 aliphatic rings. The molecule has 1 unspecified atom stereocenters. The SMILES string of the molecule is O=c1[nH]cc(C(O)CNc2ccccc2Oc2ccccc2)[nH]1. The molecule has 23 heavy (non-hydrogen) atoms. The Morgan fingerprint density at radius 2 is 1.83 bits per heavy atom. The van der Waals surface area contributed by atoms with Gasteiger partial charge in [-0.1, -0.05) is 30.3 Å². The lowest BCUT2D eigenvalue weighted by atomic mass is 10.2. The predicted octanol–water partition coefficient (Wildman–Crippen LogP) is 2.64. The van der Waals surface area contributed by atoms with Crippen molar-refractivity contribution in [1.82, 2.24) is 9.97 Å². The number of hydrogen-bond acceptors (Lipinski definition) is 4. The van der Waals surface area contributed by atoms with Gasteiger partial charge in [0.05, 0.1) is 11.4 Å². The molecule has 0 aliphatic heterocycles. The average Bonchev–Trinajstić information content (AvgIpc) is 3.01. The second kappa shape index (κ2) is 6.85. The van der Waals surface area contributed by atoms with Crippen molar-refractivity contribution in [3.05, 3.63) is 77.0 Å². The molecule has 3 aromatic rings. The number of aliphatic hydroxyl groups excluding tert-OH is 1. The number of benzene rings is 2. The zero-order valence-corrected chi connectivity index (χ0v) is 12.3. The van der Waals surface area contributed by atoms with Crippen LogP contribution in [0.4, 0.5) is 5.69 Å². The number of hydrogen-bond donors (Lipinski definition) is 4. The minimum atomic E-state index is -0.835. The van der Waals surface area contributed by atoms with Crippen LogP contribution in [0, 0.1) is 0 Å². The van der Waals surface area contributed by atoms with Gasteiger partial charge in [0.15, 0.2) is 5.75 Å². The number of aromatic nitrogens is 2. The molecular formula is C17H17N3O3. The molecule has 1 aromatic heterocycles. The van der Waals surface area contributed by atoms with Gasteiger partial charge in [-0.2, -0.15) is 0 Å². The van der Waals surface area contributed by atoms with Crippen LogP contribution in [0.3, 0.4) is 0 Å². The molecule has 0 spiro atoms. The highest BCUT2D eigenvalue weighted by Gasteiger charge is 2.11. The Morgan fingerprint density at radius 1 is 1.09 bits per heavy atom. The van der Waals surface area contributed by atoms with Crippen molar-refractivity contribution < 1.29 is 9.84 Å². The Kier molecular flexibility index (Phi) is 4.44. The number of aliphatic hydroxyl groups is 1. The topological polar surface area (TPSA) is 90.1 Å². The van der Waals surface area contributed by atoms with E-state index in [-0.39, 0.29) is 12.2 Å². The number of imidazole rings is 1. The minimum absolute atomic E-state index is 0.239. The van der Waals surface area contributed by atoms with E-state index in [1.54, 1.807) is 0 Å². The van der Waals surface area contributed by atoms with Crippen LogP contribution in [0.25, 0.3) is 0 Å². The molecule has 4 N–H and O–H groups in total. The Labute approximate surface area is 132 Å². The normalized spacial score (nSPS) is 11.9. The summed E-state index contributed by atoms with van der Waals surface area (Å²) in [7, 11) is 0. The summed E-state index contributed by atoms with van der Waals surface area (Å²) < 4.78 is 5.84. The largest absolute Gasteiger partial charge is 0.455 e. The van der Waals surface area contributed by atoms with E-state index >= 15 is 0 Å². The van der Waals surface area contributed by atoms with E-state index in [0.717, 1.165) is 11.4 Å². The summed E-state index contributed by atoms with van der Waals surface area (Å²) in [6.07, 6.45) is 0.625. The van der Waals surface area contributed by atoms with Crippen LogP contribution in [0.5, 0.6) is 11.5 Å². The molecule has 0 bridgehead atoms. The summed E-state index contributed by atoms with van der Waals surface area (Å²) >= 11 is 0. The summed E-state index contributed by atoms with van der Waals surface area (Å²) in [6.45, 7) is 0.239. The first-order valence-electron chi connectivity index (χ1n) is 7.24. The number of rotatable bonds is 6. The van der Waals surface area contributed by atoms with E-state index in [1.165, 1.54) is 6.20 Å². The molecule has 0 aliphatic carbocycles. The fourth-order valence-corrected chi connectivity index (χ4v) is 2.16. The Hall–Kier alpha value is -2.99. The van der Waals surface area contributed by atoms with Crippen LogP contribution in [0.2, 0.25) is 0 Å². The molecule has 0 radical (unpaired) electrons. The highest BCUT2D eigenvalue weighted by molar-refractivity contribution is 5.57. The molecule has 0 fully saturated rings. The number of nitrogens with one attached hydrogen (secondary N) is 3. The first-order chi connectivity index (χ1) is 11.2. The standard InChI is InChI=1S/C17H17N3O3/c21-15(14-10-19-17(22)20-14)11-18-13-8-4-5-9-16(13)23-12-6-2-1-3-7-12/h1-10,15,18,21H,11H2,(H2,19,20,22). The monoisotopic (exact) mass is 311 g/mol. The molecule has 2 aromatic carbocycles. The maximum Gasteiger partial charge on any atom is 0.323 e. The Bertz CT molecular complexity index is 811. The highest BCUT2D eigenvalue weighted by Crippen LogP contribution is 2.29. The van der Waals surface area contributed by atoms with Crippen LogP contribution in [-0.4, -0.2) is 21.6 Å². The van der Waals surface area contributed by atoms with Crippen LogP contribution < -0.4 is 15.7 Å². The van der Waals surface area contributed by atoms with Crippen molar-refractivity contribution >= 4 is 5.69 Å². The molecule has 0 saturated carbocycles. The van der Waals surface area contributed by atoms with Gasteiger partial charge in [0.25, 0.3) is 0 Å². The van der Waals surface area contributed by atoms with Crippen molar-refractivity contribution in [2.24, 2.45) is 0 Å². The average molecular weight is 311 g/mol. The van der Waals surface area contributed by atoms with E-state index in [4.69, 9.17) is 4.74 Å². The molecule has 0 saturated heterocycles. The van der Waals surface area contributed by atoms with Gasteiger partial charge >= 0.3 is 5.69 Å².